The summed E-state index contributed by atoms with van der Waals surface area (Å²) in [5, 5.41) is 0. The second kappa shape index (κ2) is 8.15. The van der Waals surface area contributed by atoms with E-state index in [0.29, 0.717) is 6.54 Å². The Balaban J connectivity index is 1.79. The van der Waals surface area contributed by atoms with Gasteiger partial charge >= 0.3 is 0 Å². The van der Waals surface area contributed by atoms with Crippen molar-refractivity contribution < 1.29 is 4.79 Å². The number of fused-ring (bicyclic) bond motifs is 1. The predicted octanol–water partition coefficient (Wildman–Crippen LogP) is 5.69. The number of aryl methyl sites for hydroxylation is 2. The normalized spacial score (nSPS) is 11.2. The van der Waals surface area contributed by atoms with Gasteiger partial charge in [-0.3, -0.25) is 9.36 Å². The number of carbonyl (C=O) groups is 1. The standard InChI is InChI=1S/C26H27N3O/c1-18(2)28(26(30)22-15-14-19(3)16-20(22)4)17-25-27-23-12-8-9-13-24(23)29(25)21-10-6-5-7-11-21/h5-16,18H,17H2,1-4H3. The molecule has 0 saturated carbocycles. The molecule has 4 heteroatoms. The third-order valence-corrected chi connectivity index (χ3v) is 5.45. The van der Waals surface area contributed by atoms with E-state index in [1.54, 1.807) is 0 Å². The molecular formula is C26H27N3O. The molecule has 0 saturated heterocycles. The van der Waals surface area contributed by atoms with Crippen LogP contribution in [0.1, 0.15) is 41.2 Å². The van der Waals surface area contributed by atoms with Gasteiger partial charge in [0.2, 0.25) is 0 Å². The summed E-state index contributed by atoms with van der Waals surface area (Å²) in [4.78, 5) is 20.3. The molecule has 0 fully saturated rings. The maximum absolute atomic E-state index is 13.5. The third-order valence-electron chi connectivity index (χ3n) is 5.45. The number of hydrogen-bond acceptors (Lipinski definition) is 2. The molecule has 30 heavy (non-hydrogen) atoms. The van der Waals surface area contributed by atoms with Gasteiger partial charge in [-0.15, -0.1) is 0 Å². The maximum Gasteiger partial charge on any atom is 0.254 e. The van der Waals surface area contributed by atoms with Gasteiger partial charge in [0, 0.05) is 17.3 Å². The van der Waals surface area contributed by atoms with Crippen molar-refractivity contribution in [2.45, 2.75) is 40.3 Å². The number of benzene rings is 3. The van der Waals surface area contributed by atoms with Crippen LogP contribution in [-0.2, 0) is 6.54 Å². The molecule has 0 radical (unpaired) electrons. The minimum absolute atomic E-state index is 0.0363. The molecule has 0 unspecified atom stereocenters. The highest BCUT2D eigenvalue weighted by atomic mass is 16.2. The van der Waals surface area contributed by atoms with Crippen molar-refractivity contribution in [1.29, 1.82) is 0 Å². The van der Waals surface area contributed by atoms with Gasteiger partial charge in [-0.25, -0.2) is 4.98 Å². The van der Waals surface area contributed by atoms with E-state index in [0.717, 1.165) is 39.2 Å². The van der Waals surface area contributed by atoms with Gasteiger partial charge in [0.1, 0.15) is 5.82 Å². The average Bonchev–Trinajstić information content (AvgIpc) is 3.10. The second-order valence-corrected chi connectivity index (χ2v) is 8.03. The van der Waals surface area contributed by atoms with Gasteiger partial charge in [-0.05, 0) is 63.6 Å². The minimum Gasteiger partial charge on any atom is -0.329 e. The number of hydrogen-bond donors (Lipinski definition) is 0. The van der Waals surface area contributed by atoms with E-state index in [-0.39, 0.29) is 11.9 Å². The summed E-state index contributed by atoms with van der Waals surface area (Å²) in [6.07, 6.45) is 0. The van der Waals surface area contributed by atoms with Gasteiger partial charge in [-0.1, -0.05) is 48.0 Å². The van der Waals surface area contributed by atoms with Crippen LogP contribution in [0.5, 0.6) is 0 Å². The Hall–Kier alpha value is -3.40. The van der Waals surface area contributed by atoms with E-state index in [9.17, 15) is 4.79 Å². The molecule has 0 aliphatic carbocycles. The fraction of sp³-hybridized carbons (Fsp3) is 0.231. The van der Waals surface area contributed by atoms with E-state index < -0.39 is 0 Å². The molecule has 4 nitrogen and oxygen atoms in total. The van der Waals surface area contributed by atoms with Crippen LogP contribution in [0.25, 0.3) is 16.7 Å². The average molecular weight is 398 g/mol. The first-order chi connectivity index (χ1) is 14.5. The molecule has 4 rings (SSSR count). The predicted molar refractivity (Wildman–Crippen MR) is 122 cm³/mol. The SMILES string of the molecule is Cc1ccc(C(=O)N(Cc2nc3ccccc3n2-c2ccccc2)C(C)C)c(C)c1. The Labute approximate surface area is 177 Å². The molecule has 0 spiro atoms. The van der Waals surface area contributed by atoms with Crippen LogP contribution in [0, 0.1) is 13.8 Å². The van der Waals surface area contributed by atoms with E-state index in [1.807, 2.05) is 67.3 Å². The molecule has 0 aliphatic heterocycles. The van der Waals surface area contributed by atoms with Crippen molar-refractivity contribution in [2.24, 2.45) is 0 Å². The number of para-hydroxylation sites is 3. The van der Waals surface area contributed by atoms with Crippen molar-refractivity contribution >= 4 is 16.9 Å². The van der Waals surface area contributed by atoms with Crippen LogP contribution in [-0.4, -0.2) is 26.4 Å². The van der Waals surface area contributed by atoms with Crippen LogP contribution in [0.15, 0.2) is 72.8 Å². The molecule has 1 heterocycles. The van der Waals surface area contributed by atoms with Crippen LogP contribution < -0.4 is 0 Å². The van der Waals surface area contributed by atoms with Gasteiger partial charge in [0.15, 0.2) is 0 Å². The Kier molecular flexibility index (Phi) is 5.40. The first kappa shape index (κ1) is 19.9. The number of carbonyl (C=O) groups excluding carboxylic acids is 1. The zero-order chi connectivity index (χ0) is 21.3. The number of amides is 1. The molecule has 4 aromatic rings. The molecule has 0 atom stereocenters. The number of imidazole rings is 1. The van der Waals surface area contributed by atoms with Crippen molar-refractivity contribution in [3.05, 3.63) is 95.3 Å². The zero-order valence-electron chi connectivity index (χ0n) is 18.0. The van der Waals surface area contributed by atoms with E-state index in [4.69, 9.17) is 4.98 Å². The summed E-state index contributed by atoms with van der Waals surface area (Å²) in [6, 6.07) is 24.3. The quantitative estimate of drug-likeness (QED) is 0.434. The summed E-state index contributed by atoms with van der Waals surface area (Å²) in [5.74, 6) is 0.892. The molecule has 152 valence electrons. The zero-order valence-corrected chi connectivity index (χ0v) is 18.0. The summed E-state index contributed by atoms with van der Waals surface area (Å²) >= 11 is 0. The lowest BCUT2D eigenvalue weighted by Crippen LogP contribution is -2.37. The smallest absolute Gasteiger partial charge is 0.254 e. The Bertz CT molecular complexity index is 1190. The van der Waals surface area contributed by atoms with Crippen LogP contribution in [0.2, 0.25) is 0 Å². The fourth-order valence-corrected chi connectivity index (χ4v) is 3.90. The highest BCUT2D eigenvalue weighted by Crippen LogP contribution is 2.24. The lowest BCUT2D eigenvalue weighted by Gasteiger charge is -2.27. The highest BCUT2D eigenvalue weighted by Gasteiger charge is 2.24. The molecule has 1 aromatic heterocycles. The van der Waals surface area contributed by atoms with Crippen molar-refractivity contribution in [2.75, 3.05) is 0 Å². The topological polar surface area (TPSA) is 38.1 Å². The van der Waals surface area contributed by atoms with Gasteiger partial charge < -0.3 is 4.90 Å². The van der Waals surface area contributed by atoms with E-state index in [2.05, 4.69) is 42.7 Å². The molecule has 1 amide bonds. The van der Waals surface area contributed by atoms with Crippen molar-refractivity contribution in [3.63, 3.8) is 0 Å². The number of aromatic nitrogens is 2. The monoisotopic (exact) mass is 397 g/mol. The van der Waals surface area contributed by atoms with Crippen LogP contribution in [0.4, 0.5) is 0 Å². The van der Waals surface area contributed by atoms with Crippen molar-refractivity contribution in [1.82, 2.24) is 14.5 Å². The highest BCUT2D eigenvalue weighted by molar-refractivity contribution is 5.96. The maximum atomic E-state index is 13.5. The van der Waals surface area contributed by atoms with E-state index in [1.165, 1.54) is 0 Å². The lowest BCUT2D eigenvalue weighted by atomic mass is 10.0. The summed E-state index contributed by atoms with van der Waals surface area (Å²) in [5.41, 5.74) is 5.93. The third kappa shape index (κ3) is 3.73. The first-order valence-corrected chi connectivity index (χ1v) is 10.4. The van der Waals surface area contributed by atoms with Crippen LogP contribution in [0.3, 0.4) is 0 Å². The Morgan fingerprint density at radius 2 is 1.67 bits per heavy atom. The molecule has 3 aromatic carbocycles. The molecule has 0 bridgehead atoms. The van der Waals surface area contributed by atoms with Gasteiger partial charge in [-0.2, -0.15) is 0 Å². The fourth-order valence-electron chi connectivity index (χ4n) is 3.90. The van der Waals surface area contributed by atoms with Crippen LogP contribution >= 0.6 is 0 Å². The lowest BCUT2D eigenvalue weighted by molar-refractivity contribution is 0.0683. The molecular weight excluding hydrogens is 370 g/mol. The summed E-state index contributed by atoms with van der Waals surface area (Å²) in [7, 11) is 0. The van der Waals surface area contributed by atoms with E-state index >= 15 is 0 Å². The number of rotatable bonds is 5. The Morgan fingerprint density at radius 1 is 0.967 bits per heavy atom. The second-order valence-electron chi connectivity index (χ2n) is 8.03. The molecule has 0 N–H and O–H groups in total. The van der Waals surface area contributed by atoms with Crippen molar-refractivity contribution in [3.8, 4) is 5.69 Å². The summed E-state index contributed by atoms with van der Waals surface area (Å²) in [6.45, 7) is 8.59. The summed E-state index contributed by atoms with van der Waals surface area (Å²) < 4.78 is 2.15. The minimum atomic E-state index is 0.0363. The molecule has 0 aliphatic rings. The van der Waals surface area contributed by atoms with Gasteiger partial charge in [0.05, 0.1) is 17.6 Å². The first-order valence-electron chi connectivity index (χ1n) is 10.4. The largest absolute Gasteiger partial charge is 0.329 e. The Morgan fingerprint density at radius 3 is 2.37 bits per heavy atom. The van der Waals surface area contributed by atoms with Gasteiger partial charge in [0.25, 0.3) is 5.91 Å². The number of nitrogens with zero attached hydrogens (tertiary/aromatic N) is 3.